The summed E-state index contributed by atoms with van der Waals surface area (Å²) in [5, 5.41) is 0. The molecule has 3 saturated heterocycles. The quantitative estimate of drug-likeness (QED) is 0.469. The lowest BCUT2D eigenvalue weighted by atomic mass is 9.45. The molecule has 41 heavy (non-hydrogen) atoms. The van der Waals surface area contributed by atoms with Gasteiger partial charge < -0.3 is 23.8 Å². The van der Waals surface area contributed by atoms with Crippen LogP contribution in [0, 0.1) is 5.92 Å². The Morgan fingerprint density at radius 1 is 0.927 bits per heavy atom. The van der Waals surface area contributed by atoms with Crippen LogP contribution >= 0.6 is 0 Å². The average Bonchev–Trinajstić information content (AvgIpc) is 3.37. The Kier molecular flexibility index (Phi) is 4.93. The summed E-state index contributed by atoms with van der Waals surface area (Å²) in [7, 11) is 1.70. The molecule has 5 bridgehead atoms. The molecule has 3 aromatic carbocycles. The number of carbonyl (C=O) groups excluding carboxylic acids is 1. The molecule has 4 fully saturated rings. The van der Waals surface area contributed by atoms with Crippen molar-refractivity contribution in [1.82, 2.24) is 9.80 Å². The smallest absolute Gasteiger partial charge is 0.254 e. The van der Waals surface area contributed by atoms with E-state index in [0.717, 1.165) is 55.8 Å². The zero-order valence-corrected chi connectivity index (χ0v) is 23.3. The first-order valence-corrected chi connectivity index (χ1v) is 14.9. The van der Waals surface area contributed by atoms with Gasteiger partial charge in [-0.2, -0.15) is 0 Å². The number of carbonyl (C=O) groups is 1. The van der Waals surface area contributed by atoms with Crippen molar-refractivity contribution in [3.8, 4) is 11.5 Å². The molecule has 4 heterocycles. The SMILES string of the molecule is COc1ccc2c3c1OCOC14CCC56O[C@H](C(=O)N1Cc1ccccc1)C4C35CCN(Cc1ccccc1)C6C2. The van der Waals surface area contributed by atoms with Crippen molar-refractivity contribution in [2.45, 2.75) is 67.7 Å². The van der Waals surface area contributed by atoms with Crippen molar-refractivity contribution >= 4 is 5.91 Å². The van der Waals surface area contributed by atoms with Crippen LogP contribution in [0.3, 0.4) is 0 Å². The van der Waals surface area contributed by atoms with Crippen LogP contribution in [-0.2, 0) is 39.2 Å². The maximum Gasteiger partial charge on any atom is 0.254 e. The van der Waals surface area contributed by atoms with Gasteiger partial charge in [-0.25, -0.2) is 0 Å². The maximum absolute atomic E-state index is 14.5. The third-order valence-electron chi connectivity index (χ3n) is 11.2. The molecule has 3 aromatic rings. The van der Waals surface area contributed by atoms with Crippen molar-refractivity contribution in [2.75, 3.05) is 20.4 Å². The van der Waals surface area contributed by atoms with E-state index in [0.29, 0.717) is 6.54 Å². The van der Waals surface area contributed by atoms with Gasteiger partial charge in [-0.1, -0.05) is 66.7 Å². The lowest BCUT2D eigenvalue weighted by Gasteiger charge is -2.67. The van der Waals surface area contributed by atoms with E-state index >= 15 is 0 Å². The lowest BCUT2D eigenvalue weighted by molar-refractivity contribution is -0.260. The van der Waals surface area contributed by atoms with Crippen LogP contribution in [0.4, 0.5) is 0 Å². The van der Waals surface area contributed by atoms with E-state index in [9.17, 15) is 4.79 Å². The predicted molar refractivity (Wildman–Crippen MR) is 150 cm³/mol. The second-order valence-electron chi connectivity index (χ2n) is 12.6. The van der Waals surface area contributed by atoms with Crippen molar-refractivity contribution in [3.63, 3.8) is 0 Å². The van der Waals surface area contributed by atoms with Gasteiger partial charge in [0.15, 0.2) is 24.0 Å². The van der Waals surface area contributed by atoms with Gasteiger partial charge in [0.1, 0.15) is 6.10 Å². The van der Waals surface area contributed by atoms with Crippen LogP contribution in [0.15, 0.2) is 72.8 Å². The predicted octanol–water partition coefficient (Wildman–Crippen LogP) is 4.42. The number of amides is 1. The number of piperidine rings is 1. The molecule has 210 valence electrons. The highest BCUT2D eigenvalue weighted by atomic mass is 16.7. The van der Waals surface area contributed by atoms with Crippen molar-refractivity contribution in [2.24, 2.45) is 5.92 Å². The molecule has 6 atom stereocenters. The molecule has 9 rings (SSSR count). The molecule has 2 aliphatic carbocycles. The van der Waals surface area contributed by atoms with Crippen LogP contribution in [0.25, 0.3) is 0 Å². The second kappa shape index (κ2) is 8.34. The molecular weight excluding hydrogens is 516 g/mol. The van der Waals surface area contributed by atoms with Gasteiger partial charge in [-0.3, -0.25) is 9.69 Å². The van der Waals surface area contributed by atoms with E-state index in [2.05, 4.69) is 53.4 Å². The molecule has 0 N–H and O–H groups in total. The van der Waals surface area contributed by atoms with Crippen molar-refractivity contribution in [3.05, 3.63) is 95.1 Å². The first-order valence-electron chi connectivity index (χ1n) is 14.9. The summed E-state index contributed by atoms with van der Waals surface area (Å²) >= 11 is 0. The fourth-order valence-electron chi connectivity index (χ4n) is 9.84. The highest BCUT2D eigenvalue weighted by molar-refractivity contribution is 5.87. The third-order valence-corrected chi connectivity index (χ3v) is 11.2. The molecule has 0 aromatic heterocycles. The van der Waals surface area contributed by atoms with Crippen LogP contribution in [-0.4, -0.2) is 59.6 Å². The van der Waals surface area contributed by atoms with Crippen molar-refractivity contribution in [1.29, 1.82) is 0 Å². The highest BCUT2D eigenvalue weighted by Gasteiger charge is 2.84. The van der Waals surface area contributed by atoms with Crippen LogP contribution in [0.1, 0.15) is 41.5 Å². The van der Waals surface area contributed by atoms with E-state index in [-0.39, 0.29) is 24.7 Å². The van der Waals surface area contributed by atoms with Crippen LogP contribution in [0.5, 0.6) is 11.5 Å². The zero-order chi connectivity index (χ0) is 27.4. The molecule has 7 heteroatoms. The van der Waals surface area contributed by atoms with Crippen LogP contribution < -0.4 is 9.47 Å². The topological polar surface area (TPSA) is 60.5 Å². The molecule has 1 saturated carbocycles. The normalized spacial score (nSPS) is 36.0. The average molecular weight is 551 g/mol. The Balaban J connectivity index is 1.24. The molecule has 0 radical (unpaired) electrons. The largest absolute Gasteiger partial charge is 0.493 e. The number of methoxy groups -OCH3 is 1. The van der Waals surface area contributed by atoms with E-state index in [1.165, 1.54) is 16.7 Å². The summed E-state index contributed by atoms with van der Waals surface area (Å²) in [4.78, 5) is 19.1. The Bertz CT molecular complexity index is 1550. The van der Waals surface area contributed by atoms with Gasteiger partial charge >= 0.3 is 0 Å². The third kappa shape index (κ3) is 2.87. The Hall–Kier alpha value is -3.39. The maximum atomic E-state index is 14.5. The summed E-state index contributed by atoms with van der Waals surface area (Å²) in [5.41, 5.74) is 3.21. The molecule has 5 unspecified atom stereocenters. The zero-order valence-electron chi connectivity index (χ0n) is 23.3. The second-order valence-corrected chi connectivity index (χ2v) is 12.6. The minimum atomic E-state index is -0.779. The first-order chi connectivity index (χ1) is 20.1. The summed E-state index contributed by atoms with van der Waals surface area (Å²) < 4.78 is 26.5. The van der Waals surface area contributed by atoms with E-state index < -0.39 is 22.8 Å². The monoisotopic (exact) mass is 550 g/mol. The molecule has 7 nitrogen and oxygen atoms in total. The minimum Gasteiger partial charge on any atom is -0.493 e. The number of rotatable bonds is 5. The van der Waals surface area contributed by atoms with Gasteiger partial charge in [-0.15, -0.1) is 0 Å². The molecule has 6 aliphatic rings. The highest BCUT2D eigenvalue weighted by Crippen LogP contribution is 2.74. The van der Waals surface area contributed by atoms with Gasteiger partial charge in [0.2, 0.25) is 0 Å². The van der Waals surface area contributed by atoms with E-state index in [1.807, 2.05) is 29.2 Å². The fourth-order valence-corrected chi connectivity index (χ4v) is 9.84. The van der Waals surface area contributed by atoms with Gasteiger partial charge in [-0.05, 0) is 55.0 Å². The lowest BCUT2D eigenvalue weighted by Crippen LogP contribution is -2.76. The summed E-state index contributed by atoms with van der Waals surface area (Å²) in [6, 6.07) is 25.4. The molecule has 4 aliphatic heterocycles. The number of likely N-dealkylation sites (tertiary alicyclic amines) is 2. The van der Waals surface area contributed by atoms with Gasteiger partial charge in [0, 0.05) is 30.1 Å². The number of hydrogen-bond acceptors (Lipinski definition) is 6. The molecule has 1 spiro atoms. The minimum absolute atomic E-state index is 0.0508. The number of hydrogen-bond donors (Lipinski definition) is 0. The Morgan fingerprint density at radius 3 is 2.44 bits per heavy atom. The standard InChI is InChI=1S/C34H34N2O5/c1-38-25-13-12-24-18-26-33-14-15-34-30(29(41-33)31(37)36(34)20-23-10-6-3-7-11-23)32(33,27(24)28(25)39-21-40-34)16-17-35(26)19-22-8-4-2-5-9-22/h2-13,26,29-30H,14-21H2,1H3/t26?,29-,30?,32?,33?,34?/m0/s1. The summed E-state index contributed by atoms with van der Waals surface area (Å²) in [5.74, 6) is 1.44. The van der Waals surface area contributed by atoms with Crippen molar-refractivity contribution < 1.29 is 23.7 Å². The van der Waals surface area contributed by atoms with E-state index in [1.54, 1.807) is 7.11 Å². The summed E-state index contributed by atoms with van der Waals surface area (Å²) in [6.07, 6.45) is 2.78. The molecular formula is C34H34N2O5. The number of ether oxygens (including phenoxy) is 4. The number of benzene rings is 3. The summed E-state index contributed by atoms with van der Waals surface area (Å²) in [6.45, 7) is 2.36. The fraction of sp³-hybridized carbons (Fsp3) is 0.441. The van der Waals surface area contributed by atoms with E-state index in [4.69, 9.17) is 18.9 Å². The number of nitrogens with zero attached hydrogens (tertiary/aromatic N) is 2. The Morgan fingerprint density at radius 2 is 1.68 bits per heavy atom. The Labute approximate surface area is 239 Å². The molecule has 1 amide bonds. The van der Waals surface area contributed by atoms with Gasteiger partial charge in [0.25, 0.3) is 5.91 Å². The first kappa shape index (κ1) is 24.2. The van der Waals surface area contributed by atoms with Crippen LogP contribution in [0.2, 0.25) is 0 Å². The van der Waals surface area contributed by atoms with Gasteiger partial charge in [0.05, 0.1) is 18.6 Å².